The molecule has 1 rings (SSSR count). The van der Waals surface area contributed by atoms with E-state index >= 15 is 0 Å². The van der Waals surface area contributed by atoms with Crippen LogP contribution in [0.2, 0.25) is 0 Å². The SMILES string of the molecule is CCCCCCCCCC(CN)N1CCC(CC)CC1. The number of hydrogen-bond acceptors (Lipinski definition) is 2. The minimum Gasteiger partial charge on any atom is -0.329 e. The van der Waals surface area contributed by atoms with Gasteiger partial charge in [-0.1, -0.05) is 65.2 Å². The van der Waals surface area contributed by atoms with Crippen molar-refractivity contribution in [3.63, 3.8) is 0 Å². The largest absolute Gasteiger partial charge is 0.329 e. The maximum atomic E-state index is 6.01. The summed E-state index contributed by atoms with van der Waals surface area (Å²) in [5.41, 5.74) is 6.01. The normalized spacial score (nSPS) is 19.4. The molecule has 120 valence electrons. The third kappa shape index (κ3) is 7.08. The summed E-state index contributed by atoms with van der Waals surface area (Å²) in [6.07, 6.45) is 15.3. The number of hydrogen-bond donors (Lipinski definition) is 1. The summed E-state index contributed by atoms with van der Waals surface area (Å²) in [5.74, 6) is 0.975. The number of likely N-dealkylation sites (tertiary alicyclic amines) is 1. The van der Waals surface area contributed by atoms with Gasteiger partial charge in [-0.3, -0.25) is 4.90 Å². The van der Waals surface area contributed by atoms with E-state index in [9.17, 15) is 0 Å². The molecule has 2 nitrogen and oxygen atoms in total. The lowest BCUT2D eigenvalue weighted by Crippen LogP contribution is -2.45. The standard InChI is InChI=1S/C18H38N2/c1-3-5-6-7-8-9-10-11-18(16-19)20-14-12-17(4-2)13-15-20/h17-18H,3-16,19H2,1-2H3. The van der Waals surface area contributed by atoms with E-state index < -0.39 is 0 Å². The molecule has 1 saturated heterocycles. The van der Waals surface area contributed by atoms with Crippen molar-refractivity contribution in [3.8, 4) is 0 Å². The third-order valence-electron chi connectivity index (χ3n) is 5.16. The molecule has 1 fully saturated rings. The van der Waals surface area contributed by atoms with Gasteiger partial charge in [0.25, 0.3) is 0 Å². The summed E-state index contributed by atoms with van der Waals surface area (Å²) in [4.78, 5) is 2.67. The number of unbranched alkanes of at least 4 members (excludes halogenated alkanes) is 6. The zero-order chi connectivity index (χ0) is 14.6. The molecule has 0 aromatic heterocycles. The molecule has 1 heterocycles. The van der Waals surface area contributed by atoms with E-state index in [0.29, 0.717) is 6.04 Å². The first-order valence-electron chi connectivity index (χ1n) is 9.25. The van der Waals surface area contributed by atoms with Gasteiger partial charge < -0.3 is 5.73 Å². The molecule has 0 aliphatic carbocycles. The average Bonchev–Trinajstić information content (AvgIpc) is 2.50. The molecule has 0 aromatic carbocycles. The molecular weight excluding hydrogens is 244 g/mol. The zero-order valence-electron chi connectivity index (χ0n) is 14.1. The predicted octanol–water partition coefficient (Wildman–Crippen LogP) is 4.58. The first-order chi connectivity index (χ1) is 9.81. The Balaban J connectivity index is 2.07. The lowest BCUT2D eigenvalue weighted by molar-refractivity contribution is 0.126. The van der Waals surface area contributed by atoms with Crippen molar-refractivity contribution in [2.75, 3.05) is 19.6 Å². The van der Waals surface area contributed by atoms with Crippen molar-refractivity contribution >= 4 is 0 Å². The van der Waals surface area contributed by atoms with Gasteiger partial charge in [-0.15, -0.1) is 0 Å². The highest BCUT2D eigenvalue weighted by Crippen LogP contribution is 2.23. The van der Waals surface area contributed by atoms with Crippen LogP contribution in [0, 0.1) is 5.92 Å². The molecule has 0 saturated carbocycles. The van der Waals surface area contributed by atoms with Crippen LogP contribution < -0.4 is 5.73 Å². The fourth-order valence-corrected chi connectivity index (χ4v) is 3.51. The zero-order valence-corrected chi connectivity index (χ0v) is 14.1. The van der Waals surface area contributed by atoms with Gasteiger partial charge in [0.05, 0.1) is 0 Å². The molecule has 1 aliphatic rings. The Morgan fingerprint density at radius 3 is 2.10 bits per heavy atom. The third-order valence-corrected chi connectivity index (χ3v) is 5.16. The van der Waals surface area contributed by atoms with Gasteiger partial charge in [0.2, 0.25) is 0 Å². The first-order valence-corrected chi connectivity index (χ1v) is 9.25. The Kier molecular flexibility index (Phi) is 10.4. The van der Waals surface area contributed by atoms with Gasteiger partial charge >= 0.3 is 0 Å². The van der Waals surface area contributed by atoms with Crippen LogP contribution >= 0.6 is 0 Å². The van der Waals surface area contributed by atoms with Crippen molar-refractivity contribution in [2.45, 2.75) is 90.5 Å². The molecule has 20 heavy (non-hydrogen) atoms. The number of nitrogens with two attached hydrogens (primary N) is 1. The Labute approximate surface area is 127 Å². The van der Waals surface area contributed by atoms with E-state index in [1.165, 1.54) is 83.7 Å². The summed E-state index contributed by atoms with van der Waals surface area (Å²) in [7, 11) is 0. The molecule has 1 atom stereocenters. The van der Waals surface area contributed by atoms with Gasteiger partial charge in [-0.25, -0.2) is 0 Å². The molecule has 0 amide bonds. The van der Waals surface area contributed by atoms with Crippen LogP contribution in [-0.2, 0) is 0 Å². The molecule has 1 aliphatic heterocycles. The van der Waals surface area contributed by atoms with Crippen LogP contribution in [0.1, 0.15) is 84.5 Å². The minimum atomic E-state index is 0.656. The van der Waals surface area contributed by atoms with Gasteiger partial charge in [0.1, 0.15) is 0 Å². The van der Waals surface area contributed by atoms with Gasteiger partial charge in [0, 0.05) is 12.6 Å². The Morgan fingerprint density at radius 1 is 0.950 bits per heavy atom. The second kappa shape index (κ2) is 11.6. The summed E-state index contributed by atoms with van der Waals surface area (Å²) in [5, 5.41) is 0. The molecule has 2 heteroatoms. The number of nitrogens with zero attached hydrogens (tertiary/aromatic N) is 1. The number of piperidine rings is 1. The van der Waals surface area contributed by atoms with Gasteiger partial charge in [-0.05, 0) is 38.3 Å². The maximum absolute atomic E-state index is 6.01. The summed E-state index contributed by atoms with van der Waals surface area (Å²) in [6.45, 7) is 8.05. The molecule has 0 bridgehead atoms. The average molecular weight is 283 g/mol. The van der Waals surface area contributed by atoms with Crippen molar-refractivity contribution in [1.29, 1.82) is 0 Å². The van der Waals surface area contributed by atoms with E-state index in [4.69, 9.17) is 5.73 Å². The maximum Gasteiger partial charge on any atom is 0.0218 e. The second-order valence-corrected chi connectivity index (χ2v) is 6.69. The van der Waals surface area contributed by atoms with E-state index in [1.54, 1.807) is 0 Å². The van der Waals surface area contributed by atoms with Crippen molar-refractivity contribution in [2.24, 2.45) is 11.7 Å². The van der Waals surface area contributed by atoms with Crippen LogP contribution in [0.4, 0.5) is 0 Å². The minimum absolute atomic E-state index is 0.656. The smallest absolute Gasteiger partial charge is 0.0218 e. The van der Waals surface area contributed by atoms with Crippen molar-refractivity contribution in [3.05, 3.63) is 0 Å². The van der Waals surface area contributed by atoms with Crippen LogP contribution in [0.25, 0.3) is 0 Å². The van der Waals surface area contributed by atoms with Crippen LogP contribution in [-0.4, -0.2) is 30.6 Å². The van der Waals surface area contributed by atoms with E-state index in [-0.39, 0.29) is 0 Å². The summed E-state index contributed by atoms with van der Waals surface area (Å²) in [6, 6.07) is 0.656. The summed E-state index contributed by atoms with van der Waals surface area (Å²) >= 11 is 0. The molecule has 0 spiro atoms. The second-order valence-electron chi connectivity index (χ2n) is 6.69. The fraction of sp³-hybridized carbons (Fsp3) is 1.00. The van der Waals surface area contributed by atoms with E-state index in [2.05, 4.69) is 18.7 Å². The van der Waals surface area contributed by atoms with E-state index in [0.717, 1.165) is 12.5 Å². The Bertz CT molecular complexity index is 209. The molecule has 0 aromatic rings. The van der Waals surface area contributed by atoms with Crippen LogP contribution in [0.3, 0.4) is 0 Å². The van der Waals surface area contributed by atoms with Crippen LogP contribution in [0.15, 0.2) is 0 Å². The lowest BCUT2D eigenvalue weighted by Gasteiger charge is -2.37. The fourth-order valence-electron chi connectivity index (χ4n) is 3.51. The summed E-state index contributed by atoms with van der Waals surface area (Å²) < 4.78 is 0. The van der Waals surface area contributed by atoms with E-state index in [1.807, 2.05) is 0 Å². The van der Waals surface area contributed by atoms with Gasteiger partial charge in [0.15, 0.2) is 0 Å². The molecule has 0 radical (unpaired) electrons. The highest BCUT2D eigenvalue weighted by molar-refractivity contribution is 4.78. The van der Waals surface area contributed by atoms with Crippen molar-refractivity contribution in [1.82, 2.24) is 4.90 Å². The molecular formula is C18H38N2. The highest BCUT2D eigenvalue weighted by Gasteiger charge is 2.22. The number of rotatable bonds is 11. The Morgan fingerprint density at radius 2 is 1.55 bits per heavy atom. The van der Waals surface area contributed by atoms with Crippen molar-refractivity contribution < 1.29 is 0 Å². The lowest BCUT2D eigenvalue weighted by atomic mass is 9.92. The molecule has 2 N–H and O–H groups in total. The first kappa shape index (κ1) is 18.0. The van der Waals surface area contributed by atoms with Crippen LogP contribution in [0.5, 0.6) is 0 Å². The quantitative estimate of drug-likeness (QED) is 0.562. The highest BCUT2D eigenvalue weighted by atomic mass is 15.2. The monoisotopic (exact) mass is 282 g/mol. The molecule has 1 unspecified atom stereocenters. The predicted molar refractivity (Wildman–Crippen MR) is 90.0 cm³/mol. The topological polar surface area (TPSA) is 29.3 Å². The Hall–Kier alpha value is -0.0800. The van der Waals surface area contributed by atoms with Gasteiger partial charge in [-0.2, -0.15) is 0 Å².